The summed E-state index contributed by atoms with van der Waals surface area (Å²) < 4.78 is 0. The fraction of sp³-hybridized carbons (Fsp3) is 1.00. The maximum atomic E-state index is 9.46. The SMILES string of the molecule is CCC(CO)(CCCSC)NC(C)C. The van der Waals surface area contributed by atoms with Crippen LogP contribution in [-0.2, 0) is 0 Å². The fourth-order valence-electron chi connectivity index (χ4n) is 1.75. The molecule has 0 saturated heterocycles. The molecule has 0 bridgehead atoms. The maximum absolute atomic E-state index is 9.46. The van der Waals surface area contributed by atoms with Crippen molar-refractivity contribution < 1.29 is 5.11 Å². The lowest BCUT2D eigenvalue weighted by atomic mass is 9.91. The van der Waals surface area contributed by atoms with E-state index in [2.05, 4.69) is 32.3 Å². The first-order valence-corrected chi connectivity index (χ1v) is 6.87. The molecule has 2 nitrogen and oxygen atoms in total. The van der Waals surface area contributed by atoms with E-state index in [9.17, 15) is 5.11 Å². The van der Waals surface area contributed by atoms with Crippen molar-refractivity contribution in [1.82, 2.24) is 5.32 Å². The molecule has 0 aliphatic rings. The van der Waals surface area contributed by atoms with Crippen molar-refractivity contribution >= 4 is 11.8 Å². The minimum Gasteiger partial charge on any atom is -0.394 e. The van der Waals surface area contributed by atoms with Crippen LogP contribution >= 0.6 is 11.8 Å². The Morgan fingerprint density at radius 2 is 2.07 bits per heavy atom. The molecule has 0 spiro atoms. The van der Waals surface area contributed by atoms with Crippen molar-refractivity contribution in [2.24, 2.45) is 0 Å². The molecule has 0 aliphatic carbocycles. The van der Waals surface area contributed by atoms with Gasteiger partial charge in [-0.05, 0) is 31.3 Å². The number of aliphatic hydroxyl groups excluding tert-OH is 1. The van der Waals surface area contributed by atoms with Gasteiger partial charge < -0.3 is 10.4 Å². The van der Waals surface area contributed by atoms with Gasteiger partial charge >= 0.3 is 0 Å². The predicted octanol–water partition coefficient (Wildman–Crippen LogP) is 2.27. The van der Waals surface area contributed by atoms with Crippen molar-refractivity contribution in [3.05, 3.63) is 0 Å². The van der Waals surface area contributed by atoms with Crippen LogP contribution in [0.4, 0.5) is 0 Å². The molecule has 2 N–H and O–H groups in total. The van der Waals surface area contributed by atoms with Gasteiger partial charge in [0.25, 0.3) is 0 Å². The number of aliphatic hydroxyl groups is 1. The largest absolute Gasteiger partial charge is 0.394 e. The highest BCUT2D eigenvalue weighted by atomic mass is 32.2. The number of thioether (sulfide) groups is 1. The molecule has 0 fully saturated rings. The van der Waals surface area contributed by atoms with Crippen LogP contribution in [0.1, 0.15) is 40.0 Å². The first kappa shape index (κ1) is 14.3. The second-order valence-corrected chi connectivity index (χ2v) is 5.17. The van der Waals surface area contributed by atoms with Gasteiger partial charge in [-0.15, -0.1) is 0 Å². The summed E-state index contributed by atoms with van der Waals surface area (Å²) >= 11 is 1.87. The molecular weight excluding hydrogens is 194 g/mol. The minimum atomic E-state index is -0.0517. The summed E-state index contributed by atoms with van der Waals surface area (Å²) in [6.07, 6.45) is 5.37. The molecule has 1 atom stereocenters. The first-order chi connectivity index (χ1) is 6.60. The Bertz CT molecular complexity index is 135. The Labute approximate surface area is 92.9 Å². The lowest BCUT2D eigenvalue weighted by Gasteiger charge is -2.34. The van der Waals surface area contributed by atoms with Gasteiger partial charge in [-0.1, -0.05) is 20.8 Å². The van der Waals surface area contributed by atoms with Crippen LogP contribution in [0.3, 0.4) is 0 Å². The molecule has 0 aromatic rings. The van der Waals surface area contributed by atoms with Gasteiger partial charge in [-0.25, -0.2) is 0 Å². The van der Waals surface area contributed by atoms with E-state index in [-0.39, 0.29) is 12.1 Å². The second kappa shape index (κ2) is 7.55. The average Bonchev–Trinajstić information content (AvgIpc) is 2.16. The zero-order valence-corrected chi connectivity index (χ0v) is 10.8. The van der Waals surface area contributed by atoms with Crippen molar-refractivity contribution in [2.45, 2.75) is 51.6 Å². The van der Waals surface area contributed by atoms with Crippen LogP contribution in [0.15, 0.2) is 0 Å². The summed E-state index contributed by atoms with van der Waals surface area (Å²) in [5, 5.41) is 12.9. The zero-order valence-electron chi connectivity index (χ0n) is 9.97. The highest BCUT2D eigenvalue weighted by Crippen LogP contribution is 2.19. The van der Waals surface area contributed by atoms with E-state index in [0.717, 1.165) is 12.8 Å². The van der Waals surface area contributed by atoms with Gasteiger partial charge in [0, 0.05) is 11.6 Å². The highest BCUT2D eigenvalue weighted by Gasteiger charge is 2.26. The normalized spacial score (nSPS) is 15.9. The summed E-state index contributed by atoms with van der Waals surface area (Å²) in [7, 11) is 0. The highest BCUT2D eigenvalue weighted by molar-refractivity contribution is 7.98. The third-order valence-electron chi connectivity index (χ3n) is 2.58. The van der Waals surface area contributed by atoms with Crippen LogP contribution < -0.4 is 5.32 Å². The van der Waals surface area contributed by atoms with Gasteiger partial charge in [0.05, 0.1) is 6.61 Å². The topological polar surface area (TPSA) is 32.3 Å². The van der Waals surface area contributed by atoms with E-state index in [1.54, 1.807) is 0 Å². The monoisotopic (exact) mass is 219 g/mol. The van der Waals surface area contributed by atoms with Crippen molar-refractivity contribution in [1.29, 1.82) is 0 Å². The molecule has 0 heterocycles. The number of nitrogens with one attached hydrogen (secondary N) is 1. The number of rotatable bonds is 8. The molecule has 0 aliphatic heterocycles. The minimum absolute atomic E-state index is 0.0517. The lowest BCUT2D eigenvalue weighted by Crippen LogP contribution is -2.51. The van der Waals surface area contributed by atoms with Crippen molar-refractivity contribution in [3.63, 3.8) is 0 Å². The van der Waals surface area contributed by atoms with Crippen LogP contribution in [0.5, 0.6) is 0 Å². The molecule has 1 unspecified atom stereocenters. The third-order valence-corrected chi connectivity index (χ3v) is 3.28. The Kier molecular flexibility index (Phi) is 7.69. The molecule has 0 radical (unpaired) electrons. The van der Waals surface area contributed by atoms with E-state index < -0.39 is 0 Å². The van der Waals surface area contributed by atoms with Crippen molar-refractivity contribution in [3.8, 4) is 0 Å². The van der Waals surface area contributed by atoms with Gasteiger partial charge in [-0.2, -0.15) is 11.8 Å². The van der Waals surface area contributed by atoms with E-state index in [1.165, 1.54) is 12.2 Å². The number of hydrogen-bond donors (Lipinski definition) is 2. The summed E-state index contributed by atoms with van der Waals surface area (Å²) in [5.41, 5.74) is -0.0517. The Hall–Kier alpha value is 0.270. The predicted molar refractivity (Wildman–Crippen MR) is 66.0 cm³/mol. The molecule has 86 valence electrons. The molecule has 0 amide bonds. The van der Waals surface area contributed by atoms with Crippen LogP contribution in [0, 0.1) is 0 Å². The molecule has 0 aromatic heterocycles. The molecule has 0 saturated carbocycles. The van der Waals surface area contributed by atoms with E-state index in [4.69, 9.17) is 0 Å². The smallest absolute Gasteiger partial charge is 0.0613 e. The molecule has 0 aromatic carbocycles. The summed E-state index contributed by atoms with van der Waals surface area (Å²) in [5.74, 6) is 1.18. The fourth-order valence-corrected chi connectivity index (χ4v) is 2.19. The average molecular weight is 219 g/mol. The quantitative estimate of drug-likeness (QED) is 0.614. The maximum Gasteiger partial charge on any atom is 0.0613 e. The third kappa shape index (κ3) is 5.23. The van der Waals surface area contributed by atoms with Crippen molar-refractivity contribution in [2.75, 3.05) is 18.6 Å². The van der Waals surface area contributed by atoms with Gasteiger partial charge in [0.2, 0.25) is 0 Å². The Morgan fingerprint density at radius 1 is 1.43 bits per heavy atom. The summed E-state index contributed by atoms with van der Waals surface area (Å²) in [6, 6.07) is 0.441. The van der Waals surface area contributed by atoms with Crippen LogP contribution in [0.2, 0.25) is 0 Å². The summed E-state index contributed by atoms with van der Waals surface area (Å²) in [4.78, 5) is 0. The summed E-state index contributed by atoms with van der Waals surface area (Å²) in [6.45, 7) is 6.66. The molecule has 14 heavy (non-hydrogen) atoms. The lowest BCUT2D eigenvalue weighted by molar-refractivity contribution is 0.137. The van der Waals surface area contributed by atoms with E-state index in [0.29, 0.717) is 6.04 Å². The van der Waals surface area contributed by atoms with E-state index >= 15 is 0 Å². The standard InChI is InChI=1S/C11H25NOS/c1-5-11(9-13,12-10(2)3)7-6-8-14-4/h10,12-13H,5-9H2,1-4H3. The molecule has 0 rings (SSSR count). The van der Waals surface area contributed by atoms with Gasteiger partial charge in [0.15, 0.2) is 0 Å². The number of hydrogen-bond acceptors (Lipinski definition) is 3. The van der Waals surface area contributed by atoms with E-state index in [1.807, 2.05) is 11.8 Å². The van der Waals surface area contributed by atoms with Crippen LogP contribution in [-0.4, -0.2) is 35.3 Å². The Balaban J connectivity index is 4.07. The molecular formula is C11H25NOS. The van der Waals surface area contributed by atoms with Gasteiger partial charge in [0.1, 0.15) is 0 Å². The van der Waals surface area contributed by atoms with Crippen LogP contribution in [0.25, 0.3) is 0 Å². The Morgan fingerprint density at radius 3 is 2.43 bits per heavy atom. The molecule has 3 heteroatoms. The van der Waals surface area contributed by atoms with Gasteiger partial charge in [-0.3, -0.25) is 0 Å². The first-order valence-electron chi connectivity index (χ1n) is 5.47. The zero-order chi connectivity index (χ0) is 11.0. The second-order valence-electron chi connectivity index (χ2n) is 4.19.